The summed E-state index contributed by atoms with van der Waals surface area (Å²) < 4.78 is 7.52. The standard InChI is InChI=1S/C15H17NO2/c1-2-13-5-7-15(8-6-13)18-11-10-16-9-3-4-14(16)12-17/h3-9,12H,2,10-11H2,1H3. The van der Waals surface area contributed by atoms with Crippen molar-refractivity contribution < 1.29 is 9.53 Å². The second kappa shape index (κ2) is 6.05. The maximum absolute atomic E-state index is 10.7. The lowest BCUT2D eigenvalue weighted by atomic mass is 10.2. The molecule has 1 heterocycles. The smallest absolute Gasteiger partial charge is 0.166 e. The fraction of sp³-hybridized carbons (Fsp3) is 0.267. The van der Waals surface area contributed by atoms with E-state index in [1.807, 2.05) is 29.0 Å². The van der Waals surface area contributed by atoms with Gasteiger partial charge in [0.25, 0.3) is 0 Å². The molecule has 1 aromatic heterocycles. The van der Waals surface area contributed by atoms with Crippen LogP contribution >= 0.6 is 0 Å². The van der Waals surface area contributed by atoms with Gasteiger partial charge in [0.2, 0.25) is 0 Å². The highest BCUT2D eigenvalue weighted by Gasteiger charge is 1.99. The molecule has 0 aliphatic rings. The van der Waals surface area contributed by atoms with E-state index in [0.29, 0.717) is 18.8 Å². The van der Waals surface area contributed by atoms with Crippen LogP contribution in [0.5, 0.6) is 5.75 Å². The third-order valence-corrected chi connectivity index (χ3v) is 2.92. The lowest BCUT2D eigenvalue weighted by Gasteiger charge is -2.08. The molecule has 0 fully saturated rings. The van der Waals surface area contributed by atoms with Crippen LogP contribution in [0.15, 0.2) is 42.6 Å². The van der Waals surface area contributed by atoms with Gasteiger partial charge in [-0.2, -0.15) is 0 Å². The molecule has 0 radical (unpaired) electrons. The van der Waals surface area contributed by atoms with Crippen LogP contribution in [-0.4, -0.2) is 17.5 Å². The predicted octanol–water partition coefficient (Wildman–Crippen LogP) is 2.94. The molecule has 2 rings (SSSR count). The highest BCUT2D eigenvalue weighted by Crippen LogP contribution is 2.12. The van der Waals surface area contributed by atoms with E-state index in [9.17, 15) is 4.79 Å². The van der Waals surface area contributed by atoms with Gasteiger partial charge >= 0.3 is 0 Å². The molecular weight excluding hydrogens is 226 g/mol. The number of carbonyl (C=O) groups excluding carboxylic acids is 1. The van der Waals surface area contributed by atoms with Crippen molar-refractivity contribution in [3.05, 3.63) is 53.9 Å². The summed E-state index contributed by atoms with van der Waals surface area (Å²) in [5.41, 5.74) is 1.98. The quantitative estimate of drug-likeness (QED) is 0.730. The summed E-state index contributed by atoms with van der Waals surface area (Å²) in [4.78, 5) is 10.7. The second-order valence-corrected chi connectivity index (χ2v) is 4.09. The second-order valence-electron chi connectivity index (χ2n) is 4.09. The molecule has 0 unspecified atom stereocenters. The minimum atomic E-state index is 0.557. The molecule has 0 N–H and O–H groups in total. The molecule has 0 atom stereocenters. The van der Waals surface area contributed by atoms with E-state index < -0.39 is 0 Å². The maximum atomic E-state index is 10.7. The van der Waals surface area contributed by atoms with Gasteiger partial charge in [-0.25, -0.2) is 0 Å². The first kappa shape index (κ1) is 12.4. The third kappa shape index (κ3) is 3.00. The molecule has 0 aliphatic heterocycles. The highest BCUT2D eigenvalue weighted by molar-refractivity contribution is 5.72. The van der Waals surface area contributed by atoms with Crippen molar-refractivity contribution in [3.63, 3.8) is 0 Å². The van der Waals surface area contributed by atoms with E-state index in [0.717, 1.165) is 18.5 Å². The summed E-state index contributed by atoms with van der Waals surface area (Å²) in [6.07, 6.45) is 3.77. The van der Waals surface area contributed by atoms with Crippen LogP contribution in [0.1, 0.15) is 23.0 Å². The van der Waals surface area contributed by atoms with Crippen LogP contribution in [0.4, 0.5) is 0 Å². The largest absolute Gasteiger partial charge is 0.492 e. The topological polar surface area (TPSA) is 31.2 Å². The molecule has 0 bridgehead atoms. The number of nitrogens with zero attached hydrogens (tertiary/aromatic N) is 1. The molecule has 3 heteroatoms. The summed E-state index contributed by atoms with van der Waals surface area (Å²) >= 11 is 0. The fourth-order valence-electron chi connectivity index (χ4n) is 1.82. The SMILES string of the molecule is CCc1ccc(OCCn2cccc2C=O)cc1. The summed E-state index contributed by atoms with van der Waals surface area (Å²) in [7, 11) is 0. The zero-order valence-electron chi connectivity index (χ0n) is 10.5. The van der Waals surface area contributed by atoms with Gasteiger partial charge in [-0.05, 0) is 36.2 Å². The van der Waals surface area contributed by atoms with Crippen molar-refractivity contribution in [2.45, 2.75) is 19.9 Å². The lowest BCUT2D eigenvalue weighted by Crippen LogP contribution is -2.09. The van der Waals surface area contributed by atoms with Gasteiger partial charge in [0.05, 0.1) is 12.2 Å². The number of carbonyl (C=O) groups is 1. The number of aryl methyl sites for hydroxylation is 1. The monoisotopic (exact) mass is 243 g/mol. The van der Waals surface area contributed by atoms with Crippen LogP contribution in [0, 0.1) is 0 Å². The third-order valence-electron chi connectivity index (χ3n) is 2.92. The van der Waals surface area contributed by atoms with Gasteiger partial charge in [0.1, 0.15) is 12.4 Å². The van der Waals surface area contributed by atoms with Crippen LogP contribution in [0.2, 0.25) is 0 Å². The molecule has 3 nitrogen and oxygen atoms in total. The van der Waals surface area contributed by atoms with Crippen molar-refractivity contribution in [1.82, 2.24) is 4.57 Å². The molecule has 1 aromatic carbocycles. The molecule has 2 aromatic rings. The van der Waals surface area contributed by atoms with Crippen LogP contribution in [0.25, 0.3) is 0 Å². The Balaban J connectivity index is 1.86. The van der Waals surface area contributed by atoms with Gasteiger partial charge < -0.3 is 9.30 Å². The number of benzene rings is 1. The Morgan fingerprint density at radius 2 is 2.00 bits per heavy atom. The highest BCUT2D eigenvalue weighted by atomic mass is 16.5. The Hall–Kier alpha value is -2.03. The average molecular weight is 243 g/mol. The Morgan fingerprint density at radius 3 is 2.67 bits per heavy atom. The van der Waals surface area contributed by atoms with Crippen LogP contribution in [0.3, 0.4) is 0 Å². The number of hydrogen-bond acceptors (Lipinski definition) is 2. The summed E-state index contributed by atoms with van der Waals surface area (Å²) in [5.74, 6) is 0.868. The minimum absolute atomic E-state index is 0.557. The molecule has 0 amide bonds. The summed E-state index contributed by atoms with van der Waals surface area (Å²) in [5, 5.41) is 0. The number of aldehydes is 1. The molecule has 94 valence electrons. The molecule has 0 saturated heterocycles. The molecule has 0 saturated carbocycles. The van der Waals surface area contributed by atoms with Crippen LogP contribution < -0.4 is 4.74 Å². The molecular formula is C15H17NO2. The maximum Gasteiger partial charge on any atom is 0.166 e. The zero-order chi connectivity index (χ0) is 12.8. The number of hydrogen-bond donors (Lipinski definition) is 0. The number of rotatable bonds is 6. The summed E-state index contributed by atoms with van der Waals surface area (Å²) in [6.45, 7) is 3.36. The number of aromatic nitrogens is 1. The normalized spacial score (nSPS) is 10.3. The van der Waals surface area contributed by atoms with Gasteiger partial charge in [-0.15, -0.1) is 0 Å². The van der Waals surface area contributed by atoms with Crippen molar-refractivity contribution in [2.24, 2.45) is 0 Å². The van der Waals surface area contributed by atoms with E-state index in [1.54, 1.807) is 6.07 Å². The molecule has 0 aliphatic carbocycles. The van der Waals surface area contributed by atoms with Gasteiger partial charge in [-0.1, -0.05) is 19.1 Å². The Labute approximate surface area is 107 Å². The first-order valence-corrected chi connectivity index (χ1v) is 6.15. The first-order valence-electron chi connectivity index (χ1n) is 6.15. The summed E-state index contributed by atoms with van der Waals surface area (Å²) in [6, 6.07) is 11.8. The van der Waals surface area contributed by atoms with Crippen molar-refractivity contribution in [1.29, 1.82) is 0 Å². The van der Waals surface area contributed by atoms with Gasteiger partial charge in [0, 0.05) is 6.20 Å². The van der Waals surface area contributed by atoms with Gasteiger partial charge in [-0.3, -0.25) is 4.79 Å². The van der Waals surface area contributed by atoms with Crippen molar-refractivity contribution in [3.8, 4) is 5.75 Å². The molecule has 0 spiro atoms. The van der Waals surface area contributed by atoms with E-state index >= 15 is 0 Å². The van der Waals surface area contributed by atoms with Crippen LogP contribution in [-0.2, 0) is 13.0 Å². The minimum Gasteiger partial charge on any atom is -0.492 e. The predicted molar refractivity (Wildman–Crippen MR) is 71.1 cm³/mol. The number of ether oxygens (including phenoxy) is 1. The Kier molecular flexibility index (Phi) is 4.18. The van der Waals surface area contributed by atoms with E-state index in [-0.39, 0.29) is 0 Å². The van der Waals surface area contributed by atoms with Crippen molar-refractivity contribution >= 4 is 6.29 Å². The van der Waals surface area contributed by atoms with Gasteiger partial charge in [0.15, 0.2) is 6.29 Å². The Bertz CT molecular complexity index is 499. The first-order chi connectivity index (χ1) is 8.83. The van der Waals surface area contributed by atoms with Crippen molar-refractivity contribution in [2.75, 3.05) is 6.61 Å². The zero-order valence-corrected chi connectivity index (χ0v) is 10.5. The fourth-order valence-corrected chi connectivity index (χ4v) is 1.82. The lowest BCUT2D eigenvalue weighted by molar-refractivity contribution is 0.111. The average Bonchev–Trinajstić information content (AvgIpc) is 2.87. The Morgan fingerprint density at radius 1 is 1.22 bits per heavy atom. The van der Waals surface area contributed by atoms with E-state index in [2.05, 4.69) is 19.1 Å². The van der Waals surface area contributed by atoms with E-state index in [4.69, 9.17) is 4.74 Å². The molecule has 18 heavy (non-hydrogen) atoms. The van der Waals surface area contributed by atoms with E-state index in [1.165, 1.54) is 5.56 Å².